The molecule has 0 bridgehead atoms. The molecule has 0 aliphatic carbocycles. The lowest BCUT2D eigenvalue weighted by molar-refractivity contribution is -0.142. The molecule has 1 atom stereocenters. The number of nitrogens with zero attached hydrogens (tertiary/aromatic N) is 2. The summed E-state index contributed by atoms with van der Waals surface area (Å²) in [6, 6.07) is 3.69. The van der Waals surface area contributed by atoms with E-state index in [0.29, 0.717) is 12.1 Å². The summed E-state index contributed by atoms with van der Waals surface area (Å²) in [5, 5.41) is 24.5. The highest BCUT2D eigenvalue weighted by Gasteiger charge is 2.33. The first-order valence-electron chi connectivity index (χ1n) is 14.2. The van der Waals surface area contributed by atoms with Gasteiger partial charge in [-0.05, 0) is 43.3 Å². The zero-order valence-corrected chi connectivity index (χ0v) is 27.1. The maximum absolute atomic E-state index is 12.9. The molecule has 2 heterocycles. The highest BCUT2D eigenvalue weighted by molar-refractivity contribution is 6.04. The van der Waals surface area contributed by atoms with Crippen LogP contribution in [0, 0.1) is 0 Å². The number of aryl methyl sites for hydroxylation is 2. The third kappa shape index (κ3) is 8.22. The molecule has 0 radical (unpaired) electrons. The van der Waals surface area contributed by atoms with Crippen LogP contribution < -0.4 is 21.8 Å². The van der Waals surface area contributed by atoms with Crippen LogP contribution in [0.1, 0.15) is 38.8 Å². The number of ether oxygens (including phenoxy) is 2. The molecule has 0 saturated heterocycles. The maximum Gasteiger partial charge on any atom is 0.416 e. The largest absolute Gasteiger partial charge is 0.506 e. The Morgan fingerprint density at radius 1 is 0.745 bits per heavy atom. The molecule has 2 aromatic heterocycles. The number of carbonyl (C=O) groups is 4. The number of alkyl halides is 6. The number of benzene rings is 2. The SMILES string of the molecule is COC(=O)CNC(=O)c1c(O)c2ccc(C(F)(F)F)cc2n(C)c1=O.COC(=O)[C@H](C)NC(=O)c1c(O)c2ccc(C(F)(F)F)cc2n(C)c1=O. The molecule has 14 nitrogen and oxygen atoms in total. The molecule has 51 heavy (non-hydrogen) atoms. The Bertz CT molecular complexity index is 2170. The number of fused-ring (bicyclic) bond motifs is 2. The van der Waals surface area contributed by atoms with Crippen molar-refractivity contribution in [1.82, 2.24) is 19.8 Å². The minimum Gasteiger partial charge on any atom is -0.506 e. The van der Waals surface area contributed by atoms with E-state index in [1.54, 1.807) is 0 Å². The maximum atomic E-state index is 12.9. The number of hydrogen-bond donors (Lipinski definition) is 4. The number of hydrogen-bond acceptors (Lipinski definition) is 10. The Kier molecular flexibility index (Phi) is 11.4. The van der Waals surface area contributed by atoms with E-state index >= 15 is 0 Å². The van der Waals surface area contributed by atoms with Crippen LogP contribution in [0.5, 0.6) is 11.5 Å². The van der Waals surface area contributed by atoms with Crippen molar-refractivity contribution in [2.24, 2.45) is 14.1 Å². The van der Waals surface area contributed by atoms with Gasteiger partial charge in [-0.25, -0.2) is 4.79 Å². The zero-order chi connectivity index (χ0) is 38.7. The number of nitrogens with one attached hydrogen (secondary N) is 2. The van der Waals surface area contributed by atoms with Gasteiger partial charge in [-0.15, -0.1) is 0 Å². The molecule has 20 heteroatoms. The summed E-state index contributed by atoms with van der Waals surface area (Å²) in [6.45, 7) is 0.769. The molecule has 4 rings (SSSR count). The number of pyridine rings is 2. The molecule has 0 saturated carbocycles. The molecular weight excluding hydrogens is 702 g/mol. The number of aromatic hydroxyl groups is 2. The van der Waals surface area contributed by atoms with E-state index in [-0.39, 0.29) is 21.8 Å². The van der Waals surface area contributed by atoms with E-state index in [1.807, 2.05) is 0 Å². The predicted octanol–water partition coefficient (Wildman–Crippen LogP) is 2.72. The second kappa shape index (κ2) is 14.8. The average Bonchev–Trinajstić information content (AvgIpc) is 3.07. The fourth-order valence-corrected chi connectivity index (χ4v) is 4.62. The molecule has 2 aromatic carbocycles. The summed E-state index contributed by atoms with van der Waals surface area (Å²) < 4.78 is 87.4. The van der Waals surface area contributed by atoms with E-state index in [9.17, 15) is 65.3 Å². The number of rotatable bonds is 6. The molecule has 0 aliphatic heterocycles. The van der Waals surface area contributed by atoms with E-state index in [4.69, 9.17) is 0 Å². The molecule has 274 valence electrons. The van der Waals surface area contributed by atoms with Crippen molar-refractivity contribution in [3.63, 3.8) is 0 Å². The highest BCUT2D eigenvalue weighted by atomic mass is 19.4. The van der Waals surface area contributed by atoms with Crippen LogP contribution in [0.2, 0.25) is 0 Å². The second-order valence-corrected chi connectivity index (χ2v) is 10.6. The van der Waals surface area contributed by atoms with Gasteiger partial charge in [0.1, 0.15) is 35.2 Å². The van der Waals surface area contributed by atoms with Crippen LogP contribution >= 0.6 is 0 Å². The number of amides is 2. The first kappa shape index (κ1) is 39.4. The number of halogens is 6. The van der Waals surface area contributed by atoms with Crippen molar-refractivity contribution in [2.75, 3.05) is 20.8 Å². The summed E-state index contributed by atoms with van der Waals surface area (Å²) in [6.07, 6.45) is -9.26. The zero-order valence-electron chi connectivity index (χ0n) is 27.1. The van der Waals surface area contributed by atoms with Crippen molar-refractivity contribution in [3.8, 4) is 11.5 Å². The van der Waals surface area contributed by atoms with E-state index in [0.717, 1.165) is 47.6 Å². The molecule has 0 aliphatic rings. The summed E-state index contributed by atoms with van der Waals surface area (Å²) in [4.78, 5) is 71.4. The van der Waals surface area contributed by atoms with Gasteiger partial charge in [0.05, 0.1) is 36.4 Å². The first-order valence-corrected chi connectivity index (χ1v) is 14.2. The fourth-order valence-electron chi connectivity index (χ4n) is 4.62. The molecule has 4 N–H and O–H groups in total. The lowest BCUT2D eigenvalue weighted by Crippen LogP contribution is -2.41. The van der Waals surface area contributed by atoms with Crippen molar-refractivity contribution >= 4 is 45.6 Å². The minimum atomic E-state index is -4.63. The fraction of sp³-hybridized carbons (Fsp3) is 0.290. The van der Waals surface area contributed by atoms with Crippen LogP contribution in [-0.4, -0.2) is 69.9 Å². The normalized spacial score (nSPS) is 12.1. The Hall–Kier alpha value is -6.08. The smallest absolute Gasteiger partial charge is 0.416 e. The van der Waals surface area contributed by atoms with Gasteiger partial charge in [-0.2, -0.15) is 26.3 Å². The van der Waals surface area contributed by atoms with Crippen LogP contribution in [0.25, 0.3) is 21.8 Å². The van der Waals surface area contributed by atoms with Crippen LogP contribution in [0.15, 0.2) is 46.0 Å². The molecule has 0 spiro atoms. The third-order valence-corrected chi connectivity index (χ3v) is 7.37. The van der Waals surface area contributed by atoms with Gasteiger partial charge in [0.2, 0.25) is 0 Å². The van der Waals surface area contributed by atoms with Gasteiger partial charge >= 0.3 is 24.3 Å². The van der Waals surface area contributed by atoms with Gasteiger partial charge < -0.3 is 39.5 Å². The van der Waals surface area contributed by atoms with Crippen LogP contribution in [0.4, 0.5) is 26.3 Å². The van der Waals surface area contributed by atoms with Gasteiger partial charge in [0.15, 0.2) is 0 Å². The number of methoxy groups -OCH3 is 2. The van der Waals surface area contributed by atoms with E-state index in [1.165, 1.54) is 21.0 Å². The van der Waals surface area contributed by atoms with Gasteiger partial charge in [0, 0.05) is 24.9 Å². The van der Waals surface area contributed by atoms with Gasteiger partial charge in [-0.1, -0.05) is 0 Å². The van der Waals surface area contributed by atoms with Crippen LogP contribution in [0.3, 0.4) is 0 Å². The average molecular weight is 731 g/mol. The van der Waals surface area contributed by atoms with Crippen molar-refractivity contribution in [2.45, 2.75) is 25.3 Å². The monoisotopic (exact) mass is 730 g/mol. The Morgan fingerprint density at radius 3 is 1.53 bits per heavy atom. The summed E-state index contributed by atoms with van der Waals surface area (Å²) in [5.41, 5.74) is -5.78. The number of aromatic nitrogens is 2. The Labute approximate surface area is 281 Å². The minimum absolute atomic E-state index is 0.113. The first-order chi connectivity index (χ1) is 23.6. The number of esters is 2. The number of carbonyl (C=O) groups excluding carboxylic acids is 4. The third-order valence-electron chi connectivity index (χ3n) is 7.37. The van der Waals surface area contributed by atoms with Crippen LogP contribution in [-0.2, 0) is 45.5 Å². The summed E-state index contributed by atoms with van der Waals surface area (Å²) in [5.74, 6) is -5.20. The molecule has 2 amide bonds. The Balaban J connectivity index is 0.000000276. The highest BCUT2D eigenvalue weighted by Crippen LogP contribution is 2.35. The molecular formula is C31H28F6N4O10. The summed E-state index contributed by atoms with van der Waals surface area (Å²) >= 11 is 0. The molecule has 0 unspecified atom stereocenters. The van der Waals surface area contributed by atoms with E-state index < -0.39 is 93.6 Å². The molecule has 4 aromatic rings. The van der Waals surface area contributed by atoms with E-state index in [2.05, 4.69) is 20.1 Å². The van der Waals surface area contributed by atoms with Gasteiger partial charge in [0.25, 0.3) is 22.9 Å². The topological polar surface area (TPSA) is 195 Å². The quantitative estimate of drug-likeness (QED) is 0.169. The van der Waals surface area contributed by atoms with Crippen molar-refractivity contribution in [3.05, 3.63) is 79.4 Å². The lowest BCUT2D eigenvalue weighted by Gasteiger charge is -2.15. The lowest BCUT2D eigenvalue weighted by atomic mass is 10.1. The predicted molar refractivity (Wildman–Crippen MR) is 165 cm³/mol. The standard InChI is InChI=1S/C16H15F3N2O5.C15H13F3N2O5/c1-7(15(25)26-3)20-13(23)11-12(22)9-5-4-8(16(17,18)19)6-10(9)21(2)14(11)24;1-20-9-5-7(15(16,17)18)3-4-8(9)12(22)11(14(20)24)13(23)19-6-10(21)25-2/h4-7,22H,1-3H3,(H,20,23);3-5,22H,6H2,1-2H3,(H,19,23)/t7-;/m0./s1. The second-order valence-electron chi connectivity index (χ2n) is 10.6. The molecule has 0 fully saturated rings. The summed E-state index contributed by atoms with van der Waals surface area (Å²) in [7, 11) is 4.54. The van der Waals surface area contributed by atoms with Crippen molar-refractivity contribution < 1.29 is 65.2 Å². The van der Waals surface area contributed by atoms with Gasteiger partial charge in [-0.3, -0.25) is 24.0 Å². The Morgan fingerprint density at radius 2 is 1.16 bits per heavy atom. The van der Waals surface area contributed by atoms with Crippen molar-refractivity contribution in [1.29, 1.82) is 0 Å².